The zero-order valence-corrected chi connectivity index (χ0v) is 15.6. The van der Waals surface area contributed by atoms with Crippen molar-refractivity contribution in [2.75, 3.05) is 19.8 Å². The summed E-state index contributed by atoms with van der Waals surface area (Å²) in [6, 6.07) is 15.9. The van der Waals surface area contributed by atoms with Gasteiger partial charge in [0, 0.05) is 29.5 Å². The number of rotatable bonds is 7. The molecule has 1 fully saturated rings. The van der Waals surface area contributed by atoms with Crippen LogP contribution in [0.15, 0.2) is 59.5 Å². The molecule has 3 rings (SSSR count). The van der Waals surface area contributed by atoms with Crippen molar-refractivity contribution in [1.82, 2.24) is 0 Å². The predicted octanol–water partition coefficient (Wildman–Crippen LogP) is 3.26. The highest BCUT2D eigenvalue weighted by molar-refractivity contribution is 7.92. The van der Waals surface area contributed by atoms with E-state index in [0.717, 1.165) is 5.56 Å². The molecule has 0 aliphatic heterocycles. The van der Waals surface area contributed by atoms with E-state index < -0.39 is 20.5 Å². The average molecular weight is 380 g/mol. The molecule has 3 atom stereocenters. The Morgan fingerprint density at radius 1 is 1.12 bits per heavy atom. The van der Waals surface area contributed by atoms with E-state index >= 15 is 0 Å². The zero-order chi connectivity index (χ0) is 18.1. The molecule has 6 heteroatoms. The van der Waals surface area contributed by atoms with Crippen molar-refractivity contribution in [3.63, 3.8) is 0 Å². The molecule has 0 amide bonds. The van der Waals surface area contributed by atoms with Crippen LogP contribution in [0.1, 0.15) is 18.4 Å². The van der Waals surface area contributed by atoms with Gasteiger partial charge in [0.05, 0.1) is 16.8 Å². The van der Waals surface area contributed by atoms with Crippen LogP contribution in [0.5, 0.6) is 0 Å². The molecule has 0 heterocycles. The lowest BCUT2D eigenvalue weighted by atomic mass is 10.00. The van der Waals surface area contributed by atoms with Crippen LogP contribution in [0, 0.1) is 5.41 Å². The highest BCUT2D eigenvalue weighted by Crippen LogP contribution is 2.63. The molecule has 0 bridgehead atoms. The quantitative estimate of drug-likeness (QED) is 0.801. The summed E-state index contributed by atoms with van der Waals surface area (Å²) in [5, 5.41) is 0.0233. The lowest BCUT2D eigenvalue weighted by Gasteiger charge is -2.16. The zero-order valence-electron chi connectivity index (χ0n) is 14.1. The number of hydrogen-bond donors (Lipinski definition) is 1. The first-order valence-electron chi connectivity index (χ1n) is 8.29. The van der Waals surface area contributed by atoms with Gasteiger partial charge in [-0.1, -0.05) is 41.9 Å². The minimum absolute atomic E-state index is 0.202. The third-order valence-corrected chi connectivity index (χ3v) is 7.56. The van der Waals surface area contributed by atoms with Crippen molar-refractivity contribution >= 4 is 21.4 Å². The van der Waals surface area contributed by atoms with Crippen molar-refractivity contribution in [3.05, 3.63) is 65.2 Å². The molecular formula is C19H22ClNO3S. The van der Waals surface area contributed by atoms with Gasteiger partial charge in [-0.15, -0.1) is 0 Å². The van der Waals surface area contributed by atoms with Crippen LogP contribution in [0.4, 0.5) is 0 Å². The van der Waals surface area contributed by atoms with Gasteiger partial charge in [0.25, 0.3) is 0 Å². The van der Waals surface area contributed by atoms with Gasteiger partial charge in [0.2, 0.25) is 0 Å². The largest absolute Gasteiger partial charge is 0.381 e. The normalized spacial score (nSPS) is 25.7. The number of sulfone groups is 1. The van der Waals surface area contributed by atoms with E-state index in [1.165, 1.54) is 0 Å². The van der Waals surface area contributed by atoms with Gasteiger partial charge in [-0.2, -0.15) is 0 Å². The van der Waals surface area contributed by atoms with E-state index in [4.69, 9.17) is 22.1 Å². The third kappa shape index (κ3) is 3.22. The predicted molar refractivity (Wildman–Crippen MR) is 99.6 cm³/mol. The fourth-order valence-electron chi connectivity index (χ4n) is 3.64. The molecule has 2 N–H and O–H groups in total. The molecule has 25 heavy (non-hydrogen) atoms. The second kappa shape index (κ2) is 7.08. The lowest BCUT2D eigenvalue weighted by molar-refractivity contribution is 0.101. The standard InChI is InChI=1S/C19H22ClNO3S/c1-2-24-13-19(12-21)17(14-8-10-15(20)11-9-14)18(19)25(22,23)16-6-4-3-5-7-16/h3-11,17-18H,2,12-13,21H2,1H3/t17-,18-,19-/m0/s1. The van der Waals surface area contributed by atoms with Gasteiger partial charge in [0.1, 0.15) is 0 Å². The fraction of sp³-hybridized carbons (Fsp3) is 0.368. The highest BCUT2D eigenvalue weighted by Gasteiger charge is 2.70. The van der Waals surface area contributed by atoms with Crippen molar-refractivity contribution in [1.29, 1.82) is 0 Å². The molecule has 0 aromatic heterocycles. The van der Waals surface area contributed by atoms with Crippen LogP contribution >= 0.6 is 11.6 Å². The summed E-state index contributed by atoms with van der Waals surface area (Å²) in [5.74, 6) is -0.202. The number of benzene rings is 2. The smallest absolute Gasteiger partial charge is 0.182 e. The summed E-state index contributed by atoms with van der Waals surface area (Å²) in [6.45, 7) is 2.98. The maximum Gasteiger partial charge on any atom is 0.182 e. The van der Waals surface area contributed by atoms with E-state index in [2.05, 4.69) is 0 Å². The Kier molecular flexibility index (Phi) is 5.21. The molecule has 1 saturated carbocycles. The summed E-state index contributed by atoms with van der Waals surface area (Å²) in [7, 11) is -3.52. The summed E-state index contributed by atoms with van der Waals surface area (Å²) >= 11 is 5.98. The van der Waals surface area contributed by atoms with E-state index in [0.29, 0.717) is 23.1 Å². The van der Waals surface area contributed by atoms with Crippen LogP contribution in [-0.4, -0.2) is 33.4 Å². The third-order valence-electron chi connectivity index (χ3n) is 4.97. The molecule has 134 valence electrons. The maximum atomic E-state index is 13.2. The Morgan fingerprint density at radius 2 is 1.76 bits per heavy atom. The molecule has 0 spiro atoms. The monoisotopic (exact) mass is 379 g/mol. The van der Waals surface area contributed by atoms with Gasteiger partial charge in [-0.3, -0.25) is 0 Å². The average Bonchev–Trinajstić information content (AvgIpc) is 3.31. The topological polar surface area (TPSA) is 69.4 Å². The van der Waals surface area contributed by atoms with Crippen LogP contribution < -0.4 is 5.73 Å². The number of halogens is 1. The van der Waals surface area contributed by atoms with E-state index in [9.17, 15) is 8.42 Å². The van der Waals surface area contributed by atoms with Crippen LogP contribution in [0.3, 0.4) is 0 Å². The van der Waals surface area contributed by atoms with Gasteiger partial charge in [-0.25, -0.2) is 8.42 Å². The molecule has 4 nitrogen and oxygen atoms in total. The molecule has 2 aromatic rings. The van der Waals surface area contributed by atoms with E-state index in [1.807, 2.05) is 19.1 Å². The van der Waals surface area contributed by atoms with Crippen LogP contribution in [-0.2, 0) is 14.6 Å². The Labute approximate surface area is 153 Å². The Hall–Kier alpha value is -1.40. The first-order valence-corrected chi connectivity index (χ1v) is 10.2. The molecule has 0 unspecified atom stereocenters. The fourth-order valence-corrected chi connectivity index (χ4v) is 6.23. The summed E-state index contributed by atoms with van der Waals surface area (Å²) < 4.78 is 32.1. The van der Waals surface area contributed by atoms with E-state index in [1.54, 1.807) is 42.5 Å². The molecule has 2 aromatic carbocycles. The molecule has 0 radical (unpaired) electrons. The SMILES string of the molecule is CCOC[C@@]1(CN)[C@@H](c2ccc(Cl)cc2)[C@@H]1S(=O)(=O)c1ccccc1. The molecule has 1 aliphatic rings. The number of nitrogens with two attached hydrogens (primary N) is 1. The van der Waals surface area contributed by atoms with Crippen molar-refractivity contribution in [2.24, 2.45) is 11.1 Å². The Morgan fingerprint density at radius 3 is 2.32 bits per heavy atom. The van der Waals surface area contributed by atoms with E-state index in [-0.39, 0.29) is 12.5 Å². The summed E-state index contributed by atoms with van der Waals surface area (Å²) in [5.41, 5.74) is 6.38. The van der Waals surface area contributed by atoms with Crippen LogP contribution in [0.2, 0.25) is 5.02 Å². The lowest BCUT2D eigenvalue weighted by Crippen LogP contribution is -2.29. The van der Waals surface area contributed by atoms with Crippen molar-refractivity contribution in [2.45, 2.75) is 23.0 Å². The Balaban J connectivity index is 2.04. The highest BCUT2D eigenvalue weighted by atomic mass is 35.5. The number of hydrogen-bond acceptors (Lipinski definition) is 4. The van der Waals surface area contributed by atoms with Crippen molar-refractivity contribution in [3.8, 4) is 0 Å². The maximum absolute atomic E-state index is 13.2. The molecule has 1 aliphatic carbocycles. The minimum Gasteiger partial charge on any atom is -0.381 e. The van der Waals surface area contributed by atoms with Gasteiger partial charge in [0.15, 0.2) is 9.84 Å². The first kappa shape index (κ1) is 18.4. The first-order chi connectivity index (χ1) is 12.0. The van der Waals surface area contributed by atoms with Gasteiger partial charge in [-0.05, 0) is 36.8 Å². The molecule has 0 saturated heterocycles. The Bertz CT molecular complexity index is 824. The second-order valence-electron chi connectivity index (χ2n) is 6.38. The second-order valence-corrected chi connectivity index (χ2v) is 8.89. The van der Waals surface area contributed by atoms with Gasteiger partial charge < -0.3 is 10.5 Å². The van der Waals surface area contributed by atoms with Crippen molar-refractivity contribution < 1.29 is 13.2 Å². The van der Waals surface area contributed by atoms with Crippen LogP contribution in [0.25, 0.3) is 0 Å². The van der Waals surface area contributed by atoms with Gasteiger partial charge >= 0.3 is 0 Å². The summed E-state index contributed by atoms with van der Waals surface area (Å²) in [6.07, 6.45) is 0. The molecular weight excluding hydrogens is 358 g/mol. The number of ether oxygens (including phenoxy) is 1. The minimum atomic E-state index is -3.52. The summed E-state index contributed by atoms with van der Waals surface area (Å²) in [4.78, 5) is 0.325.